The lowest BCUT2D eigenvalue weighted by Crippen LogP contribution is -2.25. The number of hydrogen-bond donors (Lipinski definition) is 1. The standard InChI is InChI=1S/C19H22N2O3/c1-13-9-10-14(2)19(15(13)3)24-12-18(22)21-20-11-16-7-5-6-8-17(16)23-4/h5-11H,12H2,1-4H3,(H,21,22)/b20-11+. The summed E-state index contributed by atoms with van der Waals surface area (Å²) in [5.41, 5.74) is 6.42. The van der Waals surface area contributed by atoms with E-state index in [2.05, 4.69) is 10.5 Å². The average Bonchev–Trinajstić information content (AvgIpc) is 2.58. The second kappa shape index (κ2) is 8.15. The highest BCUT2D eigenvalue weighted by Gasteiger charge is 2.08. The molecule has 2 rings (SSSR count). The number of amides is 1. The van der Waals surface area contributed by atoms with Crippen LogP contribution in [0.5, 0.6) is 11.5 Å². The van der Waals surface area contributed by atoms with E-state index >= 15 is 0 Å². The van der Waals surface area contributed by atoms with Crippen LogP contribution >= 0.6 is 0 Å². The van der Waals surface area contributed by atoms with E-state index < -0.39 is 0 Å². The quantitative estimate of drug-likeness (QED) is 0.655. The Labute approximate surface area is 142 Å². The first-order valence-corrected chi connectivity index (χ1v) is 7.67. The third-order valence-corrected chi connectivity index (χ3v) is 3.75. The van der Waals surface area contributed by atoms with Gasteiger partial charge in [0.25, 0.3) is 5.91 Å². The highest BCUT2D eigenvalue weighted by Crippen LogP contribution is 2.25. The summed E-state index contributed by atoms with van der Waals surface area (Å²) < 4.78 is 10.9. The number of benzene rings is 2. The Balaban J connectivity index is 1.93. The summed E-state index contributed by atoms with van der Waals surface area (Å²) in [5, 5.41) is 3.94. The highest BCUT2D eigenvalue weighted by molar-refractivity contribution is 5.85. The van der Waals surface area contributed by atoms with Crippen LogP contribution in [-0.2, 0) is 4.79 Å². The molecule has 0 bridgehead atoms. The molecule has 0 aliphatic heterocycles. The fraction of sp³-hybridized carbons (Fsp3) is 0.263. The number of hydrazone groups is 1. The molecule has 5 heteroatoms. The molecule has 0 radical (unpaired) electrons. The molecule has 1 N–H and O–H groups in total. The molecule has 0 saturated heterocycles. The summed E-state index contributed by atoms with van der Waals surface area (Å²) >= 11 is 0. The first kappa shape index (κ1) is 17.5. The van der Waals surface area contributed by atoms with Gasteiger partial charge in [0, 0.05) is 5.56 Å². The number of para-hydroxylation sites is 1. The molecular weight excluding hydrogens is 304 g/mol. The molecule has 1 amide bonds. The molecule has 24 heavy (non-hydrogen) atoms. The van der Waals surface area contributed by atoms with E-state index in [0.29, 0.717) is 5.75 Å². The predicted molar refractivity (Wildman–Crippen MR) is 94.9 cm³/mol. The van der Waals surface area contributed by atoms with Crippen LogP contribution in [0, 0.1) is 20.8 Å². The first-order chi connectivity index (χ1) is 11.5. The number of methoxy groups -OCH3 is 1. The van der Waals surface area contributed by atoms with Crippen molar-refractivity contribution in [1.29, 1.82) is 0 Å². The summed E-state index contributed by atoms with van der Waals surface area (Å²) in [4.78, 5) is 11.9. The number of ether oxygens (including phenoxy) is 2. The predicted octanol–water partition coefficient (Wildman–Crippen LogP) is 3.15. The van der Waals surface area contributed by atoms with Gasteiger partial charge in [-0.3, -0.25) is 4.79 Å². The summed E-state index contributed by atoms with van der Waals surface area (Å²) in [6, 6.07) is 11.4. The number of nitrogens with zero attached hydrogens (tertiary/aromatic N) is 1. The van der Waals surface area contributed by atoms with E-state index in [1.165, 1.54) is 0 Å². The van der Waals surface area contributed by atoms with Crippen LogP contribution in [0.3, 0.4) is 0 Å². The zero-order valence-electron chi connectivity index (χ0n) is 14.4. The highest BCUT2D eigenvalue weighted by atomic mass is 16.5. The topological polar surface area (TPSA) is 59.9 Å². The number of hydrogen-bond acceptors (Lipinski definition) is 4. The van der Waals surface area contributed by atoms with Crippen LogP contribution in [-0.4, -0.2) is 25.8 Å². The van der Waals surface area contributed by atoms with Crippen molar-refractivity contribution in [2.45, 2.75) is 20.8 Å². The van der Waals surface area contributed by atoms with E-state index in [1.807, 2.05) is 57.2 Å². The average molecular weight is 326 g/mol. The van der Waals surface area contributed by atoms with Crippen LogP contribution in [0.4, 0.5) is 0 Å². The number of carbonyl (C=O) groups is 1. The molecule has 0 fully saturated rings. The number of aryl methyl sites for hydroxylation is 2. The van der Waals surface area contributed by atoms with Crippen LogP contribution in [0.1, 0.15) is 22.3 Å². The Bertz CT molecular complexity index is 754. The van der Waals surface area contributed by atoms with Crippen molar-refractivity contribution in [1.82, 2.24) is 5.43 Å². The van der Waals surface area contributed by atoms with Crippen LogP contribution in [0.2, 0.25) is 0 Å². The maximum atomic E-state index is 11.9. The molecule has 0 spiro atoms. The summed E-state index contributed by atoms with van der Waals surface area (Å²) in [6.07, 6.45) is 1.54. The van der Waals surface area contributed by atoms with E-state index in [1.54, 1.807) is 13.3 Å². The zero-order valence-corrected chi connectivity index (χ0v) is 14.4. The molecule has 2 aromatic rings. The van der Waals surface area contributed by atoms with Crippen molar-refractivity contribution in [3.63, 3.8) is 0 Å². The molecule has 0 heterocycles. The van der Waals surface area contributed by atoms with E-state index in [-0.39, 0.29) is 12.5 Å². The van der Waals surface area contributed by atoms with Gasteiger partial charge >= 0.3 is 0 Å². The minimum Gasteiger partial charge on any atom is -0.496 e. The molecule has 0 unspecified atom stereocenters. The van der Waals surface area contributed by atoms with Crippen molar-refractivity contribution in [2.24, 2.45) is 5.10 Å². The monoisotopic (exact) mass is 326 g/mol. The molecule has 0 saturated carbocycles. The number of nitrogens with one attached hydrogen (secondary N) is 1. The molecule has 0 aromatic heterocycles. The van der Waals surface area contributed by atoms with E-state index in [0.717, 1.165) is 28.0 Å². The molecule has 126 valence electrons. The van der Waals surface area contributed by atoms with Crippen molar-refractivity contribution in [2.75, 3.05) is 13.7 Å². The number of rotatable bonds is 6. The molecule has 2 aromatic carbocycles. The Morgan fingerprint density at radius 2 is 1.83 bits per heavy atom. The minimum absolute atomic E-state index is 0.0889. The third-order valence-electron chi connectivity index (χ3n) is 3.75. The van der Waals surface area contributed by atoms with Gasteiger partial charge in [-0.2, -0.15) is 5.10 Å². The summed E-state index contributed by atoms with van der Waals surface area (Å²) in [7, 11) is 1.59. The molecule has 0 atom stereocenters. The summed E-state index contributed by atoms with van der Waals surface area (Å²) in [6.45, 7) is 5.86. The molecule has 0 aliphatic carbocycles. The fourth-order valence-corrected chi connectivity index (χ4v) is 2.26. The van der Waals surface area contributed by atoms with E-state index in [9.17, 15) is 4.79 Å². The van der Waals surface area contributed by atoms with Crippen LogP contribution < -0.4 is 14.9 Å². The lowest BCUT2D eigenvalue weighted by molar-refractivity contribution is -0.123. The van der Waals surface area contributed by atoms with Gasteiger partial charge in [-0.05, 0) is 49.6 Å². The Morgan fingerprint density at radius 3 is 2.58 bits per heavy atom. The van der Waals surface area contributed by atoms with Gasteiger partial charge in [-0.1, -0.05) is 24.3 Å². The van der Waals surface area contributed by atoms with Gasteiger partial charge < -0.3 is 9.47 Å². The van der Waals surface area contributed by atoms with Crippen LogP contribution in [0.15, 0.2) is 41.5 Å². The Morgan fingerprint density at radius 1 is 1.12 bits per heavy atom. The normalized spacial score (nSPS) is 10.7. The van der Waals surface area contributed by atoms with E-state index in [4.69, 9.17) is 9.47 Å². The largest absolute Gasteiger partial charge is 0.496 e. The summed E-state index contributed by atoms with van der Waals surface area (Å²) in [5.74, 6) is 1.12. The van der Waals surface area contributed by atoms with Crippen molar-refractivity contribution in [3.05, 3.63) is 58.7 Å². The molecule has 0 aliphatic rings. The van der Waals surface area contributed by atoms with Gasteiger partial charge in [-0.25, -0.2) is 5.43 Å². The van der Waals surface area contributed by atoms with Gasteiger partial charge in [0.15, 0.2) is 6.61 Å². The minimum atomic E-state index is -0.318. The smallest absolute Gasteiger partial charge is 0.277 e. The SMILES string of the molecule is COc1ccccc1/C=N/NC(=O)COc1c(C)ccc(C)c1C. The second-order valence-electron chi connectivity index (χ2n) is 5.48. The lowest BCUT2D eigenvalue weighted by Gasteiger charge is -2.13. The van der Waals surface area contributed by atoms with Gasteiger partial charge in [0.1, 0.15) is 11.5 Å². The van der Waals surface area contributed by atoms with Gasteiger partial charge in [0.05, 0.1) is 13.3 Å². The van der Waals surface area contributed by atoms with Crippen molar-refractivity contribution < 1.29 is 14.3 Å². The Kier molecular flexibility index (Phi) is 5.95. The Hall–Kier alpha value is -2.82. The molecule has 5 nitrogen and oxygen atoms in total. The van der Waals surface area contributed by atoms with Gasteiger partial charge in [0.2, 0.25) is 0 Å². The van der Waals surface area contributed by atoms with Gasteiger partial charge in [-0.15, -0.1) is 0 Å². The van der Waals surface area contributed by atoms with Crippen molar-refractivity contribution >= 4 is 12.1 Å². The first-order valence-electron chi connectivity index (χ1n) is 7.67. The number of carbonyl (C=O) groups excluding carboxylic acids is 1. The van der Waals surface area contributed by atoms with Crippen molar-refractivity contribution in [3.8, 4) is 11.5 Å². The second-order valence-corrected chi connectivity index (χ2v) is 5.48. The lowest BCUT2D eigenvalue weighted by atomic mass is 10.1. The zero-order chi connectivity index (χ0) is 17.5. The maximum Gasteiger partial charge on any atom is 0.277 e. The van der Waals surface area contributed by atoms with Crippen LogP contribution in [0.25, 0.3) is 0 Å². The molecular formula is C19H22N2O3. The maximum absolute atomic E-state index is 11.9. The third kappa shape index (κ3) is 4.35. The fourth-order valence-electron chi connectivity index (χ4n) is 2.26.